The molecular weight excluding hydrogens is 314 g/mol. The van der Waals surface area contributed by atoms with E-state index in [1.807, 2.05) is 20.8 Å². The number of carbonyl (C=O) groups excluding carboxylic acids is 1. The SMILES string of the molecule is CC(C)(C)OC(=O)CCCCCCCCCCC1(N)C=NC=CN=C1. The molecule has 0 atom stereocenters. The Labute approximate surface area is 152 Å². The van der Waals surface area contributed by atoms with Crippen LogP contribution >= 0.6 is 0 Å². The summed E-state index contributed by atoms with van der Waals surface area (Å²) in [5, 5.41) is 0. The van der Waals surface area contributed by atoms with Crippen molar-refractivity contribution in [2.24, 2.45) is 15.7 Å². The maximum absolute atomic E-state index is 11.6. The molecule has 2 N–H and O–H groups in total. The lowest BCUT2D eigenvalue weighted by molar-refractivity contribution is -0.154. The van der Waals surface area contributed by atoms with Crippen LogP contribution in [0.1, 0.15) is 85.0 Å². The Morgan fingerprint density at radius 2 is 1.40 bits per heavy atom. The highest BCUT2D eigenvalue weighted by Gasteiger charge is 2.19. The molecular formula is C20H35N3O2. The first-order valence-corrected chi connectivity index (χ1v) is 9.55. The number of hydrogen-bond donors (Lipinski definition) is 1. The van der Waals surface area contributed by atoms with Gasteiger partial charge in [-0.05, 0) is 33.6 Å². The topological polar surface area (TPSA) is 77.0 Å². The molecule has 0 aromatic carbocycles. The normalized spacial score (nSPS) is 16.0. The third-order valence-corrected chi connectivity index (χ3v) is 4.03. The molecule has 1 heterocycles. The number of nitrogens with two attached hydrogens (primary N) is 1. The van der Waals surface area contributed by atoms with Crippen molar-refractivity contribution in [2.75, 3.05) is 0 Å². The van der Waals surface area contributed by atoms with Crippen LogP contribution < -0.4 is 5.73 Å². The van der Waals surface area contributed by atoms with Crippen LogP contribution in [0.3, 0.4) is 0 Å². The fraction of sp³-hybridized carbons (Fsp3) is 0.750. The minimum Gasteiger partial charge on any atom is -0.460 e. The predicted molar refractivity (Wildman–Crippen MR) is 105 cm³/mol. The van der Waals surface area contributed by atoms with Crippen molar-refractivity contribution < 1.29 is 9.53 Å². The van der Waals surface area contributed by atoms with E-state index in [0.717, 1.165) is 25.7 Å². The van der Waals surface area contributed by atoms with Crippen molar-refractivity contribution in [3.63, 3.8) is 0 Å². The lowest BCUT2D eigenvalue weighted by Gasteiger charge is -2.19. The molecule has 25 heavy (non-hydrogen) atoms. The second kappa shape index (κ2) is 11.2. The number of nitrogens with zero attached hydrogens (tertiary/aromatic N) is 2. The standard InChI is InChI=1S/C20H35N3O2/c1-19(2,3)25-18(24)12-10-8-6-4-5-7-9-11-13-20(21)16-22-14-15-23-17-20/h14-17H,4-13,21H2,1-3H3. The zero-order valence-corrected chi connectivity index (χ0v) is 16.2. The molecule has 0 fully saturated rings. The first-order chi connectivity index (χ1) is 11.8. The summed E-state index contributed by atoms with van der Waals surface area (Å²) < 4.78 is 5.30. The largest absolute Gasteiger partial charge is 0.460 e. The predicted octanol–water partition coefficient (Wildman–Crippen LogP) is 4.55. The van der Waals surface area contributed by atoms with E-state index >= 15 is 0 Å². The van der Waals surface area contributed by atoms with Gasteiger partial charge in [0.15, 0.2) is 0 Å². The number of hydrogen-bond acceptors (Lipinski definition) is 5. The van der Waals surface area contributed by atoms with Crippen LogP contribution in [-0.2, 0) is 9.53 Å². The number of carbonyl (C=O) groups is 1. The second-order valence-corrected chi connectivity index (χ2v) is 7.88. The number of aliphatic imine (C=N–C) groups is 2. The molecule has 1 rings (SSSR count). The Balaban J connectivity index is 1.93. The molecule has 0 aliphatic carbocycles. The van der Waals surface area contributed by atoms with Crippen molar-refractivity contribution in [1.82, 2.24) is 0 Å². The molecule has 0 aromatic rings. The van der Waals surface area contributed by atoms with Crippen molar-refractivity contribution in [3.8, 4) is 0 Å². The van der Waals surface area contributed by atoms with E-state index in [1.54, 1.807) is 24.8 Å². The van der Waals surface area contributed by atoms with Gasteiger partial charge in [-0.2, -0.15) is 0 Å². The molecule has 0 spiro atoms. The number of unbranched alkanes of at least 4 members (excludes halogenated alkanes) is 7. The zero-order valence-electron chi connectivity index (χ0n) is 16.2. The molecule has 0 unspecified atom stereocenters. The molecule has 0 bridgehead atoms. The van der Waals surface area contributed by atoms with Gasteiger partial charge < -0.3 is 10.5 Å². The molecule has 0 radical (unpaired) electrons. The van der Waals surface area contributed by atoms with Crippen molar-refractivity contribution in [2.45, 2.75) is 96.1 Å². The lowest BCUT2D eigenvalue weighted by Crippen LogP contribution is -2.43. The summed E-state index contributed by atoms with van der Waals surface area (Å²) in [5.74, 6) is -0.0796. The second-order valence-electron chi connectivity index (χ2n) is 7.88. The quantitative estimate of drug-likeness (QED) is 0.439. The smallest absolute Gasteiger partial charge is 0.306 e. The van der Waals surface area contributed by atoms with E-state index in [9.17, 15) is 4.79 Å². The monoisotopic (exact) mass is 349 g/mol. The van der Waals surface area contributed by atoms with Gasteiger partial charge in [0.05, 0.1) is 5.54 Å². The maximum Gasteiger partial charge on any atom is 0.306 e. The number of esters is 1. The molecule has 142 valence electrons. The molecule has 0 saturated heterocycles. The number of rotatable bonds is 11. The Morgan fingerprint density at radius 1 is 0.920 bits per heavy atom. The van der Waals surface area contributed by atoms with Crippen LogP contribution in [0.5, 0.6) is 0 Å². The van der Waals surface area contributed by atoms with Gasteiger partial charge in [-0.15, -0.1) is 0 Å². The third-order valence-electron chi connectivity index (χ3n) is 4.03. The van der Waals surface area contributed by atoms with Gasteiger partial charge in [0.2, 0.25) is 0 Å². The van der Waals surface area contributed by atoms with Crippen LogP contribution in [0.25, 0.3) is 0 Å². The van der Waals surface area contributed by atoms with Crippen LogP contribution in [-0.4, -0.2) is 29.5 Å². The summed E-state index contributed by atoms with van der Waals surface area (Å²) in [6.45, 7) is 5.72. The highest BCUT2D eigenvalue weighted by atomic mass is 16.6. The van der Waals surface area contributed by atoms with Gasteiger partial charge >= 0.3 is 5.97 Å². The van der Waals surface area contributed by atoms with Crippen LogP contribution in [0.15, 0.2) is 22.4 Å². The summed E-state index contributed by atoms with van der Waals surface area (Å²) in [5.41, 5.74) is 5.38. The molecule has 5 heteroatoms. The van der Waals surface area contributed by atoms with Gasteiger partial charge in [0.1, 0.15) is 5.60 Å². The minimum absolute atomic E-state index is 0.0796. The van der Waals surface area contributed by atoms with Crippen LogP contribution in [0.4, 0.5) is 0 Å². The average molecular weight is 350 g/mol. The fourth-order valence-electron chi connectivity index (χ4n) is 2.76. The summed E-state index contributed by atoms with van der Waals surface area (Å²) in [6.07, 6.45) is 17.5. The summed E-state index contributed by atoms with van der Waals surface area (Å²) in [4.78, 5) is 19.8. The zero-order chi connectivity index (χ0) is 18.6. The average Bonchev–Trinajstić information content (AvgIpc) is 2.72. The molecule has 0 aromatic heterocycles. The Kier molecular flexibility index (Phi) is 9.65. The fourth-order valence-corrected chi connectivity index (χ4v) is 2.76. The summed E-state index contributed by atoms with van der Waals surface area (Å²) >= 11 is 0. The van der Waals surface area contributed by atoms with Crippen LogP contribution in [0, 0.1) is 0 Å². The van der Waals surface area contributed by atoms with Crippen LogP contribution in [0.2, 0.25) is 0 Å². The molecule has 0 saturated carbocycles. The van der Waals surface area contributed by atoms with E-state index < -0.39 is 5.54 Å². The third kappa shape index (κ3) is 11.6. The van der Waals surface area contributed by atoms with E-state index in [0.29, 0.717) is 6.42 Å². The molecule has 0 amide bonds. The highest BCUT2D eigenvalue weighted by molar-refractivity contribution is 5.94. The van der Waals surface area contributed by atoms with Gasteiger partial charge in [-0.3, -0.25) is 14.8 Å². The minimum atomic E-state index is -0.495. The summed E-state index contributed by atoms with van der Waals surface area (Å²) in [6, 6.07) is 0. The Morgan fingerprint density at radius 3 is 1.92 bits per heavy atom. The van der Waals surface area contributed by atoms with Crippen molar-refractivity contribution in [3.05, 3.63) is 12.4 Å². The van der Waals surface area contributed by atoms with Gasteiger partial charge in [0, 0.05) is 31.2 Å². The molecule has 5 nitrogen and oxygen atoms in total. The highest BCUT2D eigenvalue weighted by Crippen LogP contribution is 2.15. The van der Waals surface area contributed by atoms with E-state index in [4.69, 9.17) is 10.5 Å². The first-order valence-electron chi connectivity index (χ1n) is 9.55. The van der Waals surface area contributed by atoms with Gasteiger partial charge in [-0.1, -0.05) is 44.9 Å². The Bertz CT molecular complexity index is 460. The number of ether oxygens (including phenoxy) is 1. The van der Waals surface area contributed by atoms with E-state index in [1.165, 1.54) is 32.1 Å². The lowest BCUT2D eigenvalue weighted by atomic mass is 9.95. The van der Waals surface area contributed by atoms with E-state index in [2.05, 4.69) is 9.98 Å². The molecule has 1 aliphatic rings. The maximum atomic E-state index is 11.6. The van der Waals surface area contributed by atoms with Gasteiger partial charge in [0.25, 0.3) is 0 Å². The van der Waals surface area contributed by atoms with Gasteiger partial charge in [-0.25, -0.2) is 0 Å². The van der Waals surface area contributed by atoms with Crippen molar-refractivity contribution in [1.29, 1.82) is 0 Å². The van der Waals surface area contributed by atoms with E-state index in [-0.39, 0.29) is 11.6 Å². The Hall–Kier alpha value is -1.49. The molecule has 1 aliphatic heterocycles. The summed E-state index contributed by atoms with van der Waals surface area (Å²) in [7, 11) is 0. The first kappa shape index (κ1) is 21.6. The van der Waals surface area contributed by atoms with Crippen molar-refractivity contribution >= 4 is 18.4 Å².